The van der Waals surface area contributed by atoms with E-state index >= 15 is 0 Å². The average molecular weight is 494 g/mol. The van der Waals surface area contributed by atoms with Gasteiger partial charge in [-0.2, -0.15) is 30.4 Å². The topological polar surface area (TPSA) is 43.4 Å². The van der Waals surface area contributed by atoms with Crippen LogP contribution in [-0.4, -0.2) is 31.0 Å². The highest BCUT2D eigenvalue weighted by Gasteiger charge is 2.57. The minimum atomic E-state index is -5.64. The molecule has 1 atom stereocenters. The molecule has 0 aliphatic carbocycles. The molecular weight excluding hydrogens is 489 g/mol. The highest BCUT2D eigenvalue weighted by Crippen LogP contribution is 2.40. The number of hydrogen-bond acceptors (Lipinski definition) is 3. The fourth-order valence-electron chi connectivity index (χ4n) is 0.608. The standard InChI is InChI=1S/C5H5F5I2O3S/c6-4(7,5(8,9)10)1-3(11)2-15-16(12,13)14/h3H,1-2H2. The Morgan fingerprint density at radius 1 is 1.19 bits per heavy atom. The first-order valence-corrected chi connectivity index (χ1v) is 8.72. The third kappa shape index (κ3) is 6.68. The summed E-state index contributed by atoms with van der Waals surface area (Å²) in [5, 5.41) is 0. The van der Waals surface area contributed by atoms with E-state index < -0.39 is 36.3 Å². The number of rotatable bonds is 5. The number of alkyl halides is 6. The molecule has 0 saturated carbocycles. The van der Waals surface area contributed by atoms with E-state index in [2.05, 4.69) is 4.18 Å². The lowest BCUT2D eigenvalue weighted by Crippen LogP contribution is -2.39. The van der Waals surface area contributed by atoms with Crippen molar-refractivity contribution in [2.45, 2.75) is 22.4 Å². The maximum Gasteiger partial charge on any atom is 0.453 e. The fraction of sp³-hybridized carbons (Fsp3) is 1.00. The highest BCUT2D eigenvalue weighted by atomic mass is 127. The molecule has 11 heteroatoms. The van der Waals surface area contributed by atoms with Crippen molar-refractivity contribution in [1.29, 1.82) is 0 Å². The van der Waals surface area contributed by atoms with E-state index in [1.54, 1.807) is 0 Å². The van der Waals surface area contributed by atoms with Gasteiger partial charge in [0.1, 0.15) is 21.2 Å². The van der Waals surface area contributed by atoms with E-state index in [1.165, 1.54) is 22.6 Å². The quantitative estimate of drug-likeness (QED) is 0.256. The first-order valence-electron chi connectivity index (χ1n) is 3.53. The van der Waals surface area contributed by atoms with Gasteiger partial charge in [0, 0.05) is 10.3 Å². The molecule has 0 radical (unpaired) electrons. The summed E-state index contributed by atoms with van der Waals surface area (Å²) in [6.07, 6.45) is -7.16. The van der Waals surface area contributed by atoms with Crippen molar-refractivity contribution in [2.75, 3.05) is 6.61 Å². The molecule has 0 fully saturated rings. The maximum absolute atomic E-state index is 12.5. The largest absolute Gasteiger partial charge is 0.453 e. The summed E-state index contributed by atoms with van der Waals surface area (Å²) in [6.45, 7) is -0.725. The van der Waals surface area contributed by atoms with Crippen LogP contribution in [0.3, 0.4) is 0 Å². The first-order chi connectivity index (χ1) is 6.85. The van der Waals surface area contributed by atoms with E-state index in [-0.39, 0.29) is 0 Å². The minimum absolute atomic E-state index is 0.725. The summed E-state index contributed by atoms with van der Waals surface area (Å²) < 4.78 is 83.9. The van der Waals surface area contributed by atoms with Gasteiger partial charge in [0.25, 0.3) is 0 Å². The Bertz CT molecular complexity index is 327. The summed E-state index contributed by atoms with van der Waals surface area (Å²) in [4.78, 5) is 0. The highest BCUT2D eigenvalue weighted by molar-refractivity contribution is 14.2. The molecule has 0 aliphatic heterocycles. The van der Waals surface area contributed by atoms with Gasteiger partial charge in [-0.05, 0) is 0 Å². The summed E-state index contributed by atoms with van der Waals surface area (Å²) in [5.74, 6) is -4.85. The molecule has 0 aromatic carbocycles. The molecule has 0 saturated heterocycles. The van der Waals surface area contributed by atoms with E-state index in [0.717, 1.165) is 21.2 Å². The molecule has 98 valence electrons. The second-order valence-corrected chi connectivity index (χ2v) is 8.70. The zero-order chi connectivity index (χ0) is 13.2. The molecule has 0 aliphatic rings. The average Bonchev–Trinajstić information content (AvgIpc) is 1.96. The molecule has 0 heterocycles. The molecule has 0 aromatic rings. The summed E-state index contributed by atoms with van der Waals surface area (Å²) in [7, 11) is -3.87. The molecule has 16 heavy (non-hydrogen) atoms. The Morgan fingerprint density at radius 2 is 1.62 bits per heavy atom. The minimum Gasteiger partial charge on any atom is -0.261 e. The van der Waals surface area contributed by atoms with Crippen molar-refractivity contribution in [2.24, 2.45) is 0 Å². The van der Waals surface area contributed by atoms with Crippen LogP contribution in [0.15, 0.2) is 0 Å². The second kappa shape index (κ2) is 5.77. The van der Waals surface area contributed by atoms with Crippen molar-refractivity contribution in [3.63, 3.8) is 0 Å². The SMILES string of the molecule is O=S(=O)(I)OCC(I)CC(F)(F)C(F)(F)F. The Kier molecular flexibility index (Phi) is 6.14. The lowest BCUT2D eigenvalue weighted by molar-refractivity contribution is -0.284. The first kappa shape index (κ1) is 17.0. The van der Waals surface area contributed by atoms with Crippen LogP contribution in [-0.2, 0) is 11.5 Å². The van der Waals surface area contributed by atoms with E-state index in [0.29, 0.717) is 0 Å². The lowest BCUT2D eigenvalue weighted by Gasteiger charge is -2.21. The van der Waals surface area contributed by atoms with Crippen LogP contribution in [0.4, 0.5) is 22.0 Å². The van der Waals surface area contributed by atoms with Gasteiger partial charge in [-0.15, -0.1) is 0 Å². The molecular formula is C5H5F5I2O3S. The van der Waals surface area contributed by atoms with Gasteiger partial charge in [0.15, 0.2) is 0 Å². The molecule has 0 aromatic heterocycles. The molecule has 0 rings (SSSR count). The van der Waals surface area contributed by atoms with Gasteiger partial charge < -0.3 is 0 Å². The summed E-state index contributed by atoms with van der Waals surface area (Å²) >= 11 is 2.17. The van der Waals surface area contributed by atoms with Crippen LogP contribution in [0.2, 0.25) is 0 Å². The number of halogens is 7. The number of hydrogen-bond donors (Lipinski definition) is 0. The second-order valence-electron chi connectivity index (χ2n) is 2.68. The van der Waals surface area contributed by atoms with Crippen molar-refractivity contribution >= 4 is 51.1 Å². The normalized spacial score (nSPS) is 16.2. The van der Waals surface area contributed by atoms with Crippen LogP contribution >= 0.6 is 43.8 Å². The third-order valence-corrected chi connectivity index (χ3v) is 3.26. The van der Waals surface area contributed by atoms with Crippen LogP contribution < -0.4 is 0 Å². The van der Waals surface area contributed by atoms with Gasteiger partial charge >= 0.3 is 19.4 Å². The third-order valence-electron chi connectivity index (χ3n) is 1.28. The molecule has 0 N–H and O–H groups in total. The monoisotopic (exact) mass is 494 g/mol. The predicted octanol–water partition coefficient (Wildman–Crippen LogP) is 3.07. The molecule has 0 amide bonds. The fourth-order valence-corrected chi connectivity index (χ4v) is 2.35. The Labute approximate surface area is 114 Å². The molecule has 0 bridgehead atoms. The van der Waals surface area contributed by atoms with Crippen LogP contribution in [0.25, 0.3) is 0 Å². The summed E-state index contributed by atoms with van der Waals surface area (Å²) in [5.41, 5.74) is 0. The van der Waals surface area contributed by atoms with E-state index in [4.69, 9.17) is 0 Å². The van der Waals surface area contributed by atoms with Crippen LogP contribution in [0, 0.1) is 0 Å². The zero-order valence-electron chi connectivity index (χ0n) is 7.27. The molecule has 0 spiro atoms. The Balaban J connectivity index is 4.31. The summed E-state index contributed by atoms with van der Waals surface area (Å²) in [6, 6.07) is 0. The molecule has 1 unspecified atom stereocenters. The van der Waals surface area contributed by atoms with Crippen molar-refractivity contribution in [3.05, 3.63) is 0 Å². The van der Waals surface area contributed by atoms with Crippen molar-refractivity contribution in [1.82, 2.24) is 0 Å². The zero-order valence-corrected chi connectivity index (χ0v) is 12.4. The van der Waals surface area contributed by atoms with Crippen molar-refractivity contribution in [3.8, 4) is 0 Å². The van der Waals surface area contributed by atoms with Gasteiger partial charge in [-0.1, -0.05) is 22.6 Å². The van der Waals surface area contributed by atoms with Gasteiger partial charge in [0.05, 0.1) is 6.61 Å². The van der Waals surface area contributed by atoms with Crippen molar-refractivity contribution < 1.29 is 34.6 Å². The lowest BCUT2D eigenvalue weighted by atomic mass is 10.2. The smallest absolute Gasteiger partial charge is 0.261 e. The molecule has 3 nitrogen and oxygen atoms in total. The predicted molar refractivity (Wildman–Crippen MR) is 62.3 cm³/mol. The van der Waals surface area contributed by atoms with Gasteiger partial charge in [0.2, 0.25) is 0 Å². The van der Waals surface area contributed by atoms with Gasteiger partial charge in [-0.25, -0.2) is 0 Å². The van der Waals surface area contributed by atoms with Crippen LogP contribution in [0.5, 0.6) is 0 Å². The van der Waals surface area contributed by atoms with E-state index in [9.17, 15) is 30.4 Å². The van der Waals surface area contributed by atoms with E-state index in [1.807, 2.05) is 0 Å². The Hall–Kier alpha value is 1.02. The van der Waals surface area contributed by atoms with Gasteiger partial charge in [-0.3, -0.25) is 4.18 Å². The van der Waals surface area contributed by atoms with Crippen LogP contribution in [0.1, 0.15) is 6.42 Å². The maximum atomic E-state index is 12.5. The Morgan fingerprint density at radius 3 is 1.94 bits per heavy atom.